The number of benzene rings is 1. The molecule has 0 radical (unpaired) electrons. The summed E-state index contributed by atoms with van der Waals surface area (Å²) in [7, 11) is 0. The molecule has 138 valence electrons. The molecule has 0 fully saturated rings. The first kappa shape index (κ1) is 20.7. The van der Waals surface area contributed by atoms with Crippen molar-refractivity contribution in [3.05, 3.63) is 17.2 Å². The quantitative estimate of drug-likeness (QED) is 0.336. The topological polar surface area (TPSA) is 49.7 Å². The van der Waals surface area contributed by atoms with Gasteiger partial charge in [-0.15, -0.1) is 0 Å². The number of rotatable bonds is 13. The van der Waals surface area contributed by atoms with Crippen LogP contribution in [0.15, 0.2) is 6.07 Å². The van der Waals surface area contributed by atoms with Crippen LogP contribution >= 0.6 is 0 Å². The molecule has 1 rings (SSSR count). The molecule has 1 aromatic rings. The van der Waals surface area contributed by atoms with E-state index in [2.05, 4.69) is 20.8 Å². The third-order valence-electron chi connectivity index (χ3n) is 4.44. The van der Waals surface area contributed by atoms with Crippen LogP contribution in [0, 0.1) is 0 Å². The third-order valence-corrected chi connectivity index (χ3v) is 4.44. The second kappa shape index (κ2) is 12.0. The van der Waals surface area contributed by atoms with Crippen molar-refractivity contribution in [2.45, 2.75) is 91.4 Å². The number of phenolic OH excluding ortho intramolecular Hbond substituents is 2. The van der Waals surface area contributed by atoms with E-state index in [-0.39, 0.29) is 11.5 Å². The van der Waals surface area contributed by atoms with Gasteiger partial charge < -0.3 is 14.9 Å². The number of unbranched alkanes of at least 4 members (excludes halogenated alkanes) is 6. The molecule has 0 aliphatic heterocycles. The van der Waals surface area contributed by atoms with Gasteiger partial charge in [-0.2, -0.15) is 0 Å². The van der Waals surface area contributed by atoms with Gasteiger partial charge in [0.25, 0.3) is 0 Å². The lowest BCUT2D eigenvalue weighted by atomic mass is 9.97. The monoisotopic (exact) mass is 336 g/mol. The maximum atomic E-state index is 10.2. The molecule has 0 amide bonds. The predicted molar refractivity (Wildman–Crippen MR) is 101 cm³/mol. The molecule has 0 saturated heterocycles. The molecule has 0 bridgehead atoms. The summed E-state index contributed by atoms with van der Waals surface area (Å²) in [5.74, 6) is 0.348. The number of ether oxygens (including phenoxy) is 1. The highest BCUT2D eigenvalue weighted by molar-refractivity contribution is 5.57. The molecular weight excluding hydrogens is 300 g/mol. The summed E-state index contributed by atoms with van der Waals surface area (Å²) in [6.45, 7) is 7.09. The fraction of sp³-hybridized carbons (Fsp3) is 0.714. The lowest BCUT2D eigenvalue weighted by Crippen LogP contribution is -2.04. The molecule has 3 nitrogen and oxygen atoms in total. The largest absolute Gasteiger partial charge is 0.504 e. The summed E-state index contributed by atoms with van der Waals surface area (Å²) in [5, 5.41) is 20.2. The van der Waals surface area contributed by atoms with Crippen molar-refractivity contribution < 1.29 is 14.9 Å². The summed E-state index contributed by atoms with van der Waals surface area (Å²) < 4.78 is 5.91. The fourth-order valence-corrected chi connectivity index (χ4v) is 3.13. The first-order valence-electron chi connectivity index (χ1n) is 9.85. The minimum absolute atomic E-state index is 0.0622. The average Bonchev–Trinajstić information content (AvgIpc) is 2.57. The maximum absolute atomic E-state index is 10.2. The lowest BCUT2D eigenvalue weighted by Gasteiger charge is -2.17. The Bertz CT molecular complexity index is 469. The van der Waals surface area contributed by atoms with Crippen LogP contribution < -0.4 is 4.74 Å². The molecule has 0 unspecified atom stereocenters. The summed E-state index contributed by atoms with van der Waals surface area (Å²) in [6, 6.07) is 1.70. The predicted octanol–water partition coefficient (Wildman–Crippen LogP) is 6.13. The Morgan fingerprint density at radius 1 is 0.792 bits per heavy atom. The number of hydrogen-bond acceptors (Lipinski definition) is 3. The Kier molecular flexibility index (Phi) is 10.4. The number of aromatic hydroxyl groups is 2. The zero-order valence-electron chi connectivity index (χ0n) is 15.9. The Balaban J connectivity index is 2.61. The molecule has 1 aromatic carbocycles. The van der Waals surface area contributed by atoms with E-state index in [1.54, 1.807) is 6.07 Å². The molecule has 0 aliphatic rings. The minimum Gasteiger partial charge on any atom is -0.504 e. The summed E-state index contributed by atoms with van der Waals surface area (Å²) in [5.41, 5.74) is 2.17. The number of hydrogen-bond donors (Lipinski definition) is 2. The van der Waals surface area contributed by atoms with Crippen LogP contribution in [0.25, 0.3) is 0 Å². The van der Waals surface area contributed by atoms with E-state index >= 15 is 0 Å². The van der Waals surface area contributed by atoms with Crippen LogP contribution in [0.5, 0.6) is 17.2 Å². The maximum Gasteiger partial charge on any atom is 0.200 e. The molecule has 0 saturated carbocycles. The van der Waals surface area contributed by atoms with Crippen molar-refractivity contribution >= 4 is 0 Å². The van der Waals surface area contributed by atoms with Crippen molar-refractivity contribution in [3.63, 3.8) is 0 Å². The first-order valence-corrected chi connectivity index (χ1v) is 9.85. The highest BCUT2D eigenvalue weighted by atomic mass is 16.5. The lowest BCUT2D eigenvalue weighted by molar-refractivity contribution is 0.279. The molecular formula is C21H36O3. The van der Waals surface area contributed by atoms with Gasteiger partial charge in [0.15, 0.2) is 11.5 Å². The second-order valence-corrected chi connectivity index (χ2v) is 6.68. The number of aryl methyl sites for hydroxylation is 1. The van der Waals surface area contributed by atoms with E-state index in [1.165, 1.54) is 32.1 Å². The van der Waals surface area contributed by atoms with Crippen LogP contribution in [0.2, 0.25) is 0 Å². The Morgan fingerprint density at radius 3 is 2.04 bits per heavy atom. The van der Waals surface area contributed by atoms with Crippen molar-refractivity contribution in [1.29, 1.82) is 0 Å². The molecule has 0 atom stereocenters. The van der Waals surface area contributed by atoms with Crippen LogP contribution in [0.3, 0.4) is 0 Å². The van der Waals surface area contributed by atoms with Crippen LogP contribution in [0.4, 0.5) is 0 Å². The minimum atomic E-state index is -0.0961. The molecule has 2 N–H and O–H groups in total. The number of phenols is 2. The van der Waals surface area contributed by atoms with Gasteiger partial charge in [0.2, 0.25) is 5.75 Å². The van der Waals surface area contributed by atoms with Gasteiger partial charge in [0, 0.05) is 5.56 Å². The summed E-state index contributed by atoms with van der Waals surface area (Å²) >= 11 is 0. The zero-order chi connectivity index (χ0) is 17.8. The Labute approximate surface area is 148 Å². The normalized spacial score (nSPS) is 11.0. The zero-order valence-corrected chi connectivity index (χ0v) is 15.9. The van der Waals surface area contributed by atoms with Gasteiger partial charge in [-0.1, -0.05) is 72.1 Å². The summed E-state index contributed by atoms with van der Waals surface area (Å²) in [4.78, 5) is 0. The van der Waals surface area contributed by atoms with Crippen molar-refractivity contribution in [2.75, 3.05) is 6.61 Å². The molecule has 0 aliphatic carbocycles. The van der Waals surface area contributed by atoms with Gasteiger partial charge in [-0.25, -0.2) is 0 Å². The Hall–Kier alpha value is -1.38. The van der Waals surface area contributed by atoms with Gasteiger partial charge in [0.1, 0.15) is 0 Å². The van der Waals surface area contributed by atoms with Gasteiger partial charge in [-0.3, -0.25) is 0 Å². The van der Waals surface area contributed by atoms with E-state index in [9.17, 15) is 10.2 Å². The van der Waals surface area contributed by atoms with Crippen molar-refractivity contribution in [2.24, 2.45) is 0 Å². The summed E-state index contributed by atoms with van der Waals surface area (Å²) in [6.07, 6.45) is 12.4. The Morgan fingerprint density at radius 2 is 1.42 bits per heavy atom. The van der Waals surface area contributed by atoms with Gasteiger partial charge in [0.05, 0.1) is 6.61 Å². The SMILES string of the molecule is CCCCCCCCCOc1c(O)c(O)cc(CCC)c1CCC. The third kappa shape index (κ3) is 6.62. The molecule has 0 heterocycles. The van der Waals surface area contributed by atoms with E-state index in [0.29, 0.717) is 12.4 Å². The van der Waals surface area contributed by atoms with Gasteiger partial charge in [-0.05, 0) is 30.9 Å². The van der Waals surface area contributed by atoms with E-state index in [0.717, 1.165) is 49.7 Å². The fourth-order valence-electron chi connectivity index (χ4n) is 3.13. The van der Waals surface area contributed by atoms with Gasteiger partial charge >= 0.3 is 0 Å². The average molecular weight is 337 g/mol. The van der Waals surface area contributed by atoms with Crippen molar-refractivity contribution in [3.8, 4) is 17.2 Å². The second-order valence-electron chi connectivity index (χ2n) is 6.68. The van der Waals surface area contributed by atoms with Crippen LogP contribution in [-0.4, -0.2) is 16.8 Å². The van der Waals surface area contributed by atoms with Crippen molar-refractivity contribution in [1.82, 2.24) is 0 Å². The molecule has 3 heteroatoms. The molecule has 24 heavy (non-hydrogen) atoms. The standard InChI is InChI=1S/C21H36O3/c1-4-7-8-9-10-11-12-15-24-21-18(14-6-3)17(13-5-2)16-19(22)20(21)23/h16,22-23H,4-15H2,1-3H3. The van der Waals surface area contributed by atoms with Crippen LogP contribution in [-0.2, 0) is 12.8 Å². The molecule has 0 aromatic heterocycles. The van der Waals surface area contributed by atoms with E-state index in [4.69, 9.17) is 4.74 Å². The van der Waals surface area contributed by atoms with E-state index in [1.807, 2.05) is 0 Å². The first-order chi connectivity index (χ1) is 11.7. The smallest absolute Gasteiger partial charge is 0.200 e. The highest BCUT2D eigenvalue weighted by Crippen LogP contribution is 2.41. The molecule has 0 spiro atoms. The highest BCUT2D eigenvalue weighted by Gasteiger charge is 2.18. The van der Waals surface area contributed by atoms with Crippen LogP contribution in [0.1, 0.15) is 89.7 Å². The van der Waals surface area contributed by atoms with E-state index < -0.39 is 0 Å².